The van der Waals surface area contributed by atoms with Crippen LogP contribution in [0.15, 0.2) is 40.3 Å². The number of halogens is 1. The molecule has 0 unspecified atom stereocenters. The number of guanidine groups is 1. The summed E-state index contributed by atoms with van der Waals surface area (Å²) in [5.74, 6) is 0.346. The zero-order valence-corrected chi connectivity index (χ0v) is 18.7. The molecule has 0 aliphatic heterocycles. The summed E-state index contributed by atoms with van der Waals surface area (Å²) in [4.78, 5) is -0.0666. The van der Waals surface area contributed by atoms with E-state index in [0.29, 0.717) is 17.1 Å². The Hall–Kier alpha value is -3.06. The molecule has 13 heteroatoms. The summed E-state index contributed by atoms with van der Waals surface area (Å²) in [6.07, 6.45) is 1.20. The largest absolute Gasteiger partial charge is 0.493 e. The molecule has 0 saturated carbocycles. The number of nitrogens with zero attached hydrogens (tertiary/aromatic N) is 2. The number of aryl methyl sites for hydroxylation is 1. The first kappa shape index (κ1) is 26.0. The van der Waals surface area contributed by atoms with Crippen molar-refractivity contribution in [2.24, 2.45) is 10.8 Å². The number of ether oxygens (including phenoxy) is 3. The zero-order chi connectivity index (χ0) is 23.8. The highest BCUT2D eigenvalue weighted by Gasteiger charge is 2.18. The van der Waals surface area contributed by atoms with E-state index in [4.69, 9.17) is 41.5 Å². The Morgan fingerprint density at radius 3 is 2.13 bits per heavy atom. The third-order valence-corrected chi connectivity index (χ3v) is 4.90. The van der Waals surface area contributed by atoms with Crippen LogP contribution < -0.4 is 19.9 Å². The highest BCUT2D eigenvalue weighted by Crippen LogP contribution is 2.44. The average Bonchev–Trinajstić information content (AvgIpc) is 2.72. The summed E-state index contributed by atoms with van der Waals surface area (Å²) in [7, 11) is 0.321. The number of hydrogen-bond donors (Lipinski definition) is 4. The number of rotatable bonds is 6. The molecular formula is C18H23ClN4O7S. The number of hydrogen-bond acceptors (Lipinski definition) is 8. The zero-order valence-electron chi connectivity index (χ0n) is 17.2. The SMILES string of the molecule is COc1cc(/C=N/N(O)C(=N)N)c(Cl)c(OC)c1OC.Cc1ccc(S(=O)(=O)O)cc1. The van der Waals surface area contributed by atoms with Crippen molar-refractivity contribution in [3.63, 3.8) is 0 Å². The van der Waals surface area contributed by atoms with Gasteiger partial charge >= 0.3 is 0 Å². The van der Waals surface area contributed by atoms with Crippen molar-refractivity contribution in [3.8, 4) is 17.2 Å². The number of nitrogens with two attached hydrogens (primary N) is 1. The first-order valence-electron chi connectivity index (χ1n) is 8.35. The van der Waals surface area contributed by atoms with Crippen molar-refractivity contribution in [3.05, 3.63) is 46.5 Å². The van der Waals surface area contributed by atoms with Crippen molar-refractivity contribution < 1.29 is 32.4 Å². The topological polar surface area (TPSA) is 168 Å². The molecule has 0 fully saturated rings. The van der Waals surface area contributed by atoms with Gasteiger partial charge in [0.2, 0.25) is 11.7 Å². The van der Waals surface area contributed by atoms with Crippen LogP contribution in [0, 0.1) is 12.3 Å². The fourth-order valence-corrected chi connectivity index (χ4v) is 2.87. The molecule has 2 aromatic carbocycles. The minimum absolute atomic E-state index is 0.0666. The molecule has 170 valence electrons. The fraction of sp³-hybridized carbons (Fsp3) is 0.222. The molecule has 0 heterocycles. The van der Waals surface area contributed by atoms with Crippen molar-refractivity contribution in [1.29, 1.82) is 5.41 Å². The summed E-state index contributed by atoms with van der Waals surface area (Å²) >= 11 is 6.15. The number of methoxy groups -OCH3 is 3. The second-order valence-corrected chi connectivity index (χ2v) is 7.56. The lowest BCUT2D eigenvalue weighted by Crippen LogP contribution is -2.28. The van der Waals surface area contributed by atoms with Gasteiger partial charge in [-0.1, -0.05) is 29.3 Å². The molecule has 31 heavy (non-hydrogen) atoms. The number of hydrazone groups is 1. The van der Waals surface area contributed by atoms with Gasteiger partial charge in [-0.25, -0.2) is 0 Å². The molecule has 0 aromatic heterocycles. The third kappa shape index (κ3) is 7.29. The molecule has 0 aliphatic rings. The van der Waals surface area contributed by atoms with Crippen molar-refractivity contribution in [2.75, 3.05) is 21.3 Å². The molecule has 2 rings (SSSR count). The molecule has 0 spiro atoms. The third-order valence-electron chi connectivity index (χ3n) is 3.64. The van der Waals surface area contributed by atoms with Gasteiger partial charge in [0.25, 0.3) is 10.1 Å². The normalized spacial score (nSPS) is 10.8. The lowest BCUT2D eigenvalue weighted by atomic mass is 10.2. The smallest absolute Gasteiger partial charge is 0.294 e. The first-order chi connectivity index (χ1) is 14.5. The molecule has 11 nitrogen and oxygen atoms in total. The maximum absolute atomic E-state index is 10.5. The van der Waals surface area contributed by atoms with Gasteiger partial charge < -0.3 is 19.9 Å². The molecule has 0 bridgehead atoms. The Morgan fingerprint density at radius 2 is 1.71 bits per heavy atom. The minimum Gasteiger partial charge on any atom is -0.493 e. The Bertz CT molecular complexity index is 1040. The van der Waals surface area contributed by atoms with Gasteiger partial charge in [-0.15, -0.1) is 5.17 Å². The predicted octanol–water partition coefficient (Wildman–Crippen LogP) is 2.53. The second kappa shape index (κ2) is 11.4. The Morgan fingerprint density at radius 1 is 1.16 bits per heavy atom. The Balaban J connectivity index is 0.000000367. The van der Waals surface area contributed by atoms with Gasteiger partial charge in [0, 0.05) is 5.56 Å². The van der Waals surface area contributed by atoms with Crippen LogP contribution in [0.3, 0.4) is 0 Å². The van der Waals surface area contributed by atoms with Crippen LogP contribution in [-0.2, 0) is 10.1 Å². The van der Waals surface area contributed by atoms with Gasteiger partial charge in [-0.05, 0) is 25.1 Å². The van der Waals surface area contributed by atoms with E-state index < -0.39 is 16.1 Å². The van der Waals surface area contributed by atoms with Crippen LogP contribution in [0.4, 0.5) is 0 Å². The monoisotopic (exact) mass is 474 g/mol. The van der Waals surface area contributed by atoms with Gasteiger partial charge in [0.15, 0.2) is 11.5 Å². The summed E-state index contributed by atoms with van der Waals surface area (Å²) in [5.41, 5.74) is 6.39. The van der Waals surface area contributed by atoms with Crippen molar-refractivity contribution >= 4 is 33.9 Å². The number of hydroxylamine groups is 1. The summed E-state index contributed by atoms with van der Waals surface area (Å²) in [6.45, 7) is 1.84. The standard InChI is InChI=1S/C11H15ClN4O4.C7H8O3S/c1-18-7-4-6(5-15-16(17)11(13)14)8(12)10(20-3)9(7)19-2;1-6-2-4-7(5-3-6)11(8,9)10/h4-5,17H,1-3H3,(H3,13,14);2-5H,1H3,(H,8,9,10)/b15-5+;. The molecule has 0 radical (unpaired) electrons. The van der Waals surface area contributed by atoms with E-state index >= 15 is 0 Å². The van der Waals surface area contributed by atoms with Gasteiger partial charge in [0.1, 0.15) is 0 Å². The Labute approximate surface area is 184 Å². The summed E-state index contributed by atoms with van der Waals surface area (Å²) in [6, 6.07) is 7.53. The van der Waals surface area contributed by atoms with Crippen molar-refractivity contribution in [1.82, 2.24) is 5.17 Å². The number of benzene rings is 2. The van der Waals surface area contributed by atoms with Crippen LogP contribution in [0.25, 0.3) is 0 Å². The molecule has 0 atom stereocenters. The van der Waals surface area contributed by atoms with E-state index in [1.807, 2.05) is 6.92 Å². The van der Waals surface area contributed by atoms with Crippen LogP contribution in [0.1, 0.15) is 11.1 Å². The highest BCUT2D eigenvalue weighted by molar-refractivity contribution is 7.85. The van der Waals surface area contributed by atoms with Gasteiger partial charge in [0.05, 0.1) is 37.5 Å². The lowest BCUT2D eigenvalue weighted by molar-refractivity contribution is -0.0139. The fourth-order valence-electron chi connectivity index (χ4n) is 2.12. The Kier molecular flexibility index (Phi) is 9.52. The lowest BCUT2D eigenvalue weighted by Gasteiger charge is -2.15. The van der Waals surface area contributed by atoms with E-state index in [-0.39, 0.29) is 20.8 Å². The quantitative estimate of drug-likeness (QED) is 0.213. The van der Waals surface area contributed by atoms with E-state index in [2.05, 4.69) is 5.10 Å². The van der Waals surface area contributed by atoms with Crippen molar-refractivity contribution in [2.45, 2.75) is 11.8 Å². The van der Waals surface area contributed by atoms with Crippen LogP contribution in [0.5, 0.6) is 17.2 Å². The van der Waals surface area contributed by atoms with Gasteiger partial charge in [-0.2, -0.15) is 13.5 Å². The molecule has 0 saturated heterocycles. The maximum atomic E-state index is 10.5. The predicted molar refractivity (Wildman–Crippen MR) is 115 cm³/mol. The van der Waals surface area contributed by atoms with E-state index in [0.717, 1.165) is 5.56 Å². The summed E-state index contributed by atoms with van der Waals surface area (Å²) < 4.78 is 45.0. The van der Waals surface area contributed by atoms with Gasteiger partial charge in [-0.3, -0.25) is 15.2 Å². The van der Waals surface area contributed by atoms with Crippen LogP contribution in [-0.4, -0.2) is 56.9 Å². The molecule has 0 amide bonds. The molecule has 0 aliphatic carbocycles. The maximum Gasteiger partial charge on any atom is 0.294 e. The van der Waals surface area contributed by atoms with E-state index in [1.54, 1.807) is 18.2 Å². The highest BCUT2D eigenvalue weighted by atomic mass is 35.5. The van der Waals surface area contributed by atoms with Crippen LogP contribution in [0.2, 0.25) is 5.02 Å². The molecule has 2 aromatic rings. The first-order valence-corrected chi connectivity index (χ1v) is 10.2. The molecular weight excluding hydrogens is 452 g/mol. The van der Waals surface area contributed by atoms with E-state index in [1.165, 1.54) is 39.7 Å². The average molecular weight is 475 g/mol. The van der Waals surface area contributed by atoms with Crippen LogP contribution >= 0.6 is 11.6 Å². The number of nitrogens with one attached hydrogen (secondary N) is 1. The molecule has 5 N–H and O–H groups in total. The van der Waals surface area contributed by atoms with E-state index in [9.17, 15) is 13.6 Å². The minimum atomic E-state index is -4.02. The second-order valence-electron chi connectivity index (χ2n) is 5.76. The summed E-state index contributed by atoms with van der Waals surface area (Å²) in [5, 5.41) is 20.1.